The van der Waals surface area contributed by atoms with Gasteiger partial charge in [0, 0.05) is 39.0 Å². The molecule has 1 aromatic rings. The first kappa shape index (κ1) is 14.5. The summed E-state index contributed by atoms with van der Waals surface area (Å²) in [4.78, 5) is 25.3. The number of hydrogen-bond acceptors (Lipinski definition) is 3. The Labute approximate surface area is 117 Å². The maximum absolute atomic E-state index is 13.3. The molecule has 1 saturated heterocycles. The number of halogens is 1. The van der Waals surface area contributed by atoms with E-state index in [9.17, 15) is 14.0 Å². The number of anilines is 1. The van der Waals surface area contributed by atoms with Crippen molar-refractivity contribution >= 4 is 17.5 Å². The average molecular weight is 279 g/mol. The van der Waals surface area contributed by atoms with Gasteiger partial charge in [0.2, 0.25) is 11.8 Å². The van der Waals surface area contributed by atoms with Gasteiger partial charge < -0.3 is 15.5 Å². The van der Waals surface area contributed by atoms with Crippen LogP contribution in [0.1, 0.15) is 12.8 Å². The molecule has 0 radical (unpaired) electrons. The number of para-hydroxylation sites is 1. The Kier molecular flexibility index (Phi) is 5.06. The minimum absolute atomic E-state index is 0.0322. The number of rotatable bonds is 4. The van der Waals surface area contributed by atoms with Gasteiger partial charge in [-0.05, 0) is 12.1 Å². The lowest BCUT2D eigenvalue weighted by atomic mass is 10.2. The standard InChI is InChI=1S/C14H18FN3O2/c15-11-3-1-2-4-12(11)17-13(19)5-6-14(20)18-9-7-16-8-10-18/h1-4,16H,5-10H2,(H,17,19). The molecule has 2 amide bonds. The van der Waals surface area contributed by atoms with Crippen molar-refractivity contribution in [1.82, 2.24) is 10.2 Å². The smallest absolute Gasteiger partial charge is 0.224 e. The fraction of sp³-hybridized carbons (Fsp3) is 0.429. The van der Waals surface area contributed by atoms with Crippen LogP contribution in [0.15, 0.2) is 24.3 Å². The number of hydrogen-bond donors (Lipinski definition) is 2. The minimum atomic E-state index is -0.478. The fourth-order valence-electron chi connectivity index (χ4n) is 2.07. The number of carbonyl (C=O) groups excluding carboxylic acids is 2. The third kappa shape index (κ3) is 4.03. The van der Waals surface area contributed by atoms with Gasteiger partial charge in [-0.2, -0.15) is 0 Å². The van der Waals surface area contributed by atoms with E-state index in [0.717, 1.165) is 13.1 Å². The lowest BCUT2D eigenvalue weighted by molar-refractivity contribution is -0.133. The summed E-state index contributed by atoms with van der Waals surface area (Å²) in [5, 5.41) is 5.63. The maximum atomic E-state index is 13.3. The molecule has 108 valence electrons. The van der Waals surface area contributed by atoms with E-state index in [1.165, 1.54) is 12.1 Å². The van der Waals surface area contributed by atoms with Crippen LogP contribution < -0.4 is 10.6 Å². The molecule has 6 heteroatoms. The highest BCUT2D eigenvalue weighted by Gasteiger charge is 2.17. The van der Waals surface area contributed by atoms with Crippen molar-refractivity contribution in [1.29, 1.82) is 0 Å². The molecule has 1 fully saturated rings. The third-order valence-corrected chi connectivity index (χ3v) is 3.18. The van der Waals surface area contributed by atoms with Gasteiger partial charge in [0.05, 0.1) is 5.69 Å². The highest BCUT2D eigenvalue weighted by Crippen LogP contribution is 2.13. The predicted molar refractivity (Wildman–Crippen MR) is 73.7 cm³/mol. The van der Waals surface area contributed by atoms with Gasteiger partial charge in [-0.3, -0.25) is 9.59 Å². The molecular formula is C14H18FN3O2. The number of carbonyl (C=O) groups is 2. The van der Waals surface area contributed by atoms with E-state index in [2.05, 4.69) is 10.6 Å². The van der Waals surface area contributed by atoms with Gasteiger partial charge in [0.1, 0.15) is 5.82 Å². The summed E-state index contributed by atoms with van der Waals surface area (Å²) in [5.41, 5.74) is 0.145. The van der Waals surface area contributed by atoms with E-state index in [0.29, 0.717) is 13.1 Å². The largest absolute Gasteiger partial charge is 0.340 e. The van der Waals surface area contributed by atoms with Gasteiger partial charge in [0.25, 0.3) is 0 Å². The zero-order valence-corrected chi connectivity index (χ0v) is 11.2. The van der Waals surface area contributed by atoms with E-state index in [4.69, 9.17) is 0 Å². The second kappa shape index (κ2) is 7.00. The Morgan fingerprint density at radius 3 is 2.60 bits per heavy atom. The molecular weight excluding hydrogens is 261 g/mol. The quantitative estimate of drug-likeness (QED) is 0.863. The molecule has 20 heavy (non-hydrogen) atoms. The normalized spacial score (nSPS) is 14.9. The van der Waals surface area contributed by atoms with Gasteiger partial charge >= 0.3 is 0 Å². The van der Waals surface area contributed by atoms with Crippen molar-refractivity contribution in [3.05, 3.63) is 30.1 Å². The molecule has 1 aromatic carbocycles. The molecule has 0 aliphatic carbocycles. The minimum Gasteiger partial charge on any atom is -0.340 e. The van der Waals surface area contributed by atoms with Gasteiger partial charge in [0.15, 0.2) is 0 Å². The van der Waals surface area contributed by atoms with Crippen LogP contribution in [0.5, 0.6) is 0 Å². The zero-order valence-electron chi connectivity index (χ0n) is 11.2. The van der Waals surface area contributed by atoms with Crippen LogP contribution in [-0.4, -0.2) is 42.9 Å². The zero-order chi connectivity index (χ0) is 14.4. The van der Waals surface area contributed by atoms with Gasteiger partial charge in [-0.15, -0.1) is 0 Å². The van der Waals surface area contributed by atoms with Crippen molar-refractivity contribution in [2.45, 2.75) is 12.8 Å². The molecule has 5 nitrogen and oxygen atoms in total. The third-order valence-electron chi connectivity index (χ3n) is 3.18. The SMILES string of the molecule is O=C(CCC(=O)N1CCNCC1)Nc1ccccc1F. The number of nitrogens with one attached hydrogen (secondary N) is 2. The number of amides is 2. The summed E-state index contributed by atoms with van der Waals surface area (Å²) in [6, 6.07) is 5.97. The Morgan fingerprint density at radius 2 is 1.90 bits per heavy atom. The first-order chi connectivity index (χ1) is 9.66. The van der Waals surface area contributed by atoms with Gasteiger partial charge in [-0.1, -0.05) is 12.1 Å². The first-order valence-electron chi connectivity index (χ1n) is 6.69. The molecule has 1 heterocycles. The monoisotopic (exact) mass is 279 g/mol. The lowest BCUT2D eigenvalue weighted by Gasteiger charge is -2.27. The van der Waals surface area contributed by atoms with E-state index in [1.807, 2.05) is 0 Å². The molecule has 2 N–H and O–H groups in total. The Morgan fingerprint density at radius 1 is 1.20 bits per heavy atom. The number of piperazine rings is 1. The van der Waals surface area contributed by atoms with E-state index in [-0.39, 0.29) is 30.3 Å². The predicted octanol–water partition coefficient (Wildman–Crippen LogP) is 0.976. The van der Waals surface area contributed by atoms with Gasteiger partial charge in [-0.25, -0.2) is 4.39 Å². The topological polar surface area (TPSA) is 61.4 Å². The molecule has 0 bridgehead atoms. The lowest BCUT2D eigenvalue weighted by Crippen LogP contribution is -2.46. The molecule has 2 rings (SSSR count). The van der Waals surface area contributed by atoms with Crippen LogP contribution in [0.2, 0.25) is 0 Å². The molecule has 0 saturated carbocycles. The molecule has 0 spiro atoms. The summed E-state index contributed by atoms with van der Waals surface area (Å²) >= 11 is 0. The van der Waals surface area contributed by atoms with Crippen LogP contribution in [0.3, 0.4) is 0 Å². The second-order valence-electron chi connectivity index (χ2n) is 4.66. The Bertz CT molecular complexity index is 487. The number of nitrogens with zero attached hydrogens (tertiary/aromatic N) is 1. The van der Waals surface area contributed by atoms with Crippen molar-refractivity contribution in [3.8, 4) is 0 Å². The summed E-state index contributed by atoms with van der Waals surface area (Å²) in [7, 11) is 0. The number of benzene rings is 1. The van der Waals surface area contributed by atoms with E-state index < -0.39 is 5.82 Å². The van der Waals surface area contributed by atoms with Crippen molar-refractivity contribution in [3.63, 3.8) is 0 Å². The molecule has 1 aliphatic rings. The van der Waals surface area contributed by atoms with E-state index >= 15 is 0 Å². The summed E-state index contributed by atoms with van der Waals surface area (Å²) in [6.45, 7) is 2.92. The van der Waals surface area contributed by atoms with Crippen molar-refractivity contribution in [2.75, 3.05) is 31.5 Å². The molecule has 1 aliphatic heterocycles. The fourth-order valence-corrected chi connectivity index (χ4v) is 2.07. The highest BCUT2D eigenvalue weighted by molar-refractivity contribution is 5.93. The second-order valence-corrected chi connectivity index (χ2v) is 4.66. The van der Waals surface area contributed by atoms with Crippen LogP contribution >= 0.6 is 0 Å². The van der Waals surface area contributed by atoms with Crippen LogP contribution in [0, 0.1) is 5.82 Å². The van der Waals surface area contributed by atoms with Crippen LogP contribution in [0.25, 0.3) is 0 Å². The molecule has 0 aromatic heterocycles. The molecule has 0 unspecified atom stereocenters. The highest BCUT2D eigenvalue weighted by atomic mass is 19.1. The van der Waals surface area contributed by atoms with Crippen LogP contribution in [0.4, 0.5) is 10.1 Å². The molecule has 0 atom stereocenters. The average Bonchev–Trinajstić information content (AvgIpc) is 2.48. The summed E-state index contributed by atoms with van der Waals surface area (Å²) < 4.78 is 13.3. The summed E-state index contributed by atoms with van der Waals surface area (Å²) in [5.74, 6) is -0.858. The Hall–Kier alpha value is -1.95. The maximum Gasteiger partial charge on any atom is 0.224 e. The first-order valence-corrected chi connectivity index (χ1v) is 6.69. The van der Waals surface area contributed by atoms with Crippen molar-refractivity contribution < 1.29 is 14.0 Å². The summed E-state index contributed by atoms with van der Waals surface area (Å²) in [6.07, 6.45) is 0.220. The van der Waals surface area contributed by atoms with Crippen LogP contribution in [-0.2, 0) is 9.59 Å². The van der Waals surface area contributed by atoms with E-state index in [1.54, 1.807) is 17.0 Å². The Balaban J connectivity index is 1.77. The van der Waals surface area contributed by atoms with Crippen molar-refractivity contribution in [2.24, 2.45) is 0 Å².